The second-order valence-corrected chi connectivity index (χ2v) is 6.03. The maximum absolute atomic E-state index is 12.1. The van der Waals surface area contributed by atoms with Crippen molar-refractivity contribution in [1.82, 2.24) is 10.6 Å². The molecule has 1 saturated heterocycles. The molecule has 1 atom stereocenters. The summed E-state index contributed by atoms with van der Waals surface area (Å²) in [6.07, 6.45) is 4.01. The van der Waals surface area contributed by atoms with E-state index >= 15 is 0 Å². The second kappa shape index (κ2) is 10.5. The van der Waals surface area contributed by atoms with Gasteiger partial charge in [-0.25, -0.2) is 0 Å². The van der Waals surface area contributed by atoms with Crippen LogP contribution in [0.5, 0.6) is 5.75 Å². The van der Waals surface area contributed by atoms with Crippen LogP contribution in [-0.4, -0.2) is 25.6 Å². The average Bonchev–Trinajstić information content (AvgIpc) is 2.54. The van der Waals surface area contributed by atoms with E-state index in [1.165, 1.54) is 12.8 Å². The van der Waals surface area contributed by atoms with E-state index < -0.39 is 0 Å². The number of amides is 1. The second-order valence-electron chi connectivity index (χ2n) is 6.03. The van der Waals surface area contributed by atoms with E-state index in [1.54, 1.807) is 0 Å². The lowest BCUT2D eigenvalue weighted by Gasteiger charge is -2.22. The van der Waals surface area contributed by atoms with Gasteiger partial charge in [0.1, 0.15) is 5.75 Å². The van der Waals surface area contributed by atoms with Crippen molar-refractivity contribution >= 4 is 18.3 Å². The van der Waals surface area contributed by atoms with Crippen LogP contribution in [0.1, 0.15) is 51.1 Å². The molecule has 23 heavy (non-hydrogen) atoms. The van der Waals surface area contributed by atoms with Crippen molar-refractivity contribution in [2.45, 2.75) is 45.6 Å². The zero-order chi connectivity index (χ0) is 15.8. The fraction of sp³-hybridized carbons (Fsp3) is 0.611. The SMILES string of the molecule is CCOc1cccc(C(C)NC(=O)CCC2CCNCC2)c1.Cl. The van der Waals surface area contributed by atoms with Gasteiger partial charge in [-0.2, -0.15) is 0 Å². The smallest absolute Gasteiger partial charge is 0.220 e. The Kier molecular flexibility index (Phi) is 9.03. The van der Waals surface area contributed by atoms with Crippen LogP contribution in [0.4, 0.5) is 0 Å². The number of rotatable bonds is 7. The van der Waals surface area contributed by atoms with Gasteiger partial charge in [0.05, 0.1) is 12.6 Å². The van der Waals surface area contributed by atoms with Gasteiger partial charge in [0.15, 0.2) is 0 Å². The number of hydrogen-bond acceptors (Lipinski definition) is 3. The summed E-state index contributed by atoms with van der Waals surface area (Å²) in [6, 6.07) is 7.96. The van der Waals surface area contributed by atoms with E-state index in [0.717, 1.165) is 30.8 Å². The summed E-state index contributed by atoms with van der Waals surface area (Å²) >= 11 is 0. The molecule has 0 saturated carbocycles. The standard InChI is InChI=1S/C18H28N2O2.ClH/c1-3-22-17-6-4-5-16(13-17)14(2)20-18(21)8-7-15-9-11-19-12-10-15;/h4-6,13-15,19H,3,7-12H2,1-2H3,(H,20,21);1H. The first kappa shape index (κ1) is 19.8. The van der Waals surface area contributed by atoms with Crippen molar-refractivity contribution in [2.24, 2.45) is 5.92 Å². The van der Waals surface area contributed by atoms with Crippen LogP contribution >= 0.6 is 12.4 Å². The van der Waals surface area contributed by atoms with Gasteiger partial charge in [0, 0.05) is 6.42 Å². The predicted molar refractivity (Wildman–Crippen MR) is 96.2 cm³/mol. The number of hydrogen-bond donors (Lipinski definition) is 2. The largest absolute Gasteiger partial charge is 0.494 e. The number of carbonyl (C=O) groups excluding carboxylic acids is 1. The molecule has 0 aliphatic carbocycles. The summed E-state index contributed by atoms with van der Waals surface area (Å²) in [5.41, 5.74) is 1.08. The molecule has 1 fully saturated rings. The minimum Gasteiger partial charge on any atom is -0.494 e. The van der Waals surface area contributed by atoms with Crippen molar-refractivity contribution in [2.75, 3.05) is 19.7 Å². The van der Waals surface area contributed by atoms with Gasteiger partial charge >= 0.3 is 0 Å². The maximum atomic E-state index is 12.1. The van der Waals surface area contributed by atoms with Crippen LogP contribution in [0, 0.1) is 5.92 Å². The van der Waals surface area contributed by atoms with Crippen LogP contribution < -0.4 is 15.4 Å². The summed E-state index contributed by atoms with van der Waals surface area (Å²) in [5.74, 6) is 1.70. The molecule has 1 amide bonds. The van der Waals surface area contributed by atoms with E-state index in [1.807, 2.05) is 38.1 Å². The molecule has 4 nitrogen and oxygen atoms in total. The summed E-state index contributed by atoms with van der Waals surface area (Å²) in [7, 11) is 0. The molecule has 1 aliphatic heterocycles. The minimum atomic E-state index is 0. The van der Waals surface area contributed by atoms with Crippen molar-refractivity contribution in [3.63, 3.8) is 0 Å². The van der Waals surface area contributed by atoms with Gasteiger partial charge in [-0.3, -0.25) is 4.79 Å². The van der Waals surface area contributed by atoms with Gasteiger partial charge in [0.25, 0.3) is 0 Å². The molecule has 2 N–H and O–H groups in total. The van der Waals surface area contributed by atoms with Gasteiger partial charge < -0.3 is 15.4 Å². The van der Waals surface area contributed by atoms with Crippen LogP contribution in [0.3, 0.4) is 0 Å². The Morgan fingerprint density at radius 2 is 2.13 bits per heavy atom. The van der Waals surface area contributed by atoms with E-state index in [-0.39, 0.29) is 24.4 Å². The first-order valence-corrected chi connectivity index (χ1v) is 8.42. The van der Waals surface area contributed by atoms with Crippen molar-refractivity contribution in [3.8, 4) is 5.75 Å². The number of halogens is 1. The zero-order valence-corrected chi connectivity index (χ0v) is 15.0. The quantitative estimate of drug-likeness (QED) is 0.799. The first-order chi connectivity index (χ1) is 10.7. The summed E-state index contributed by atoms with van der Waals surface area (Å²) in [6.45, 7) is 6.83. The number of carbonyl (C=O) groups is 1. The lowest BCUT2D eigenvalue weighted by Crippen LogP contribution is -2.30. The fourth-order valence-electron chi connectivity index (χ4n) is 2.94. The number of benzene rings is 1. The highest BCUT2D eigenvalue weighted by molar-refractivity contribution is 5.85. The molecule has 5 heteroatoms. The molecule has 0 spiro atoms. The topological polar surface area (TPSA) is 50.4 Å². The first-order valence-electron chi connectivity index (χ1n) is 8.42. The highest BCUT2D eigenvalue weighted by atomic mass is 35.5. The van der Waals surface area contributed by atoms with Gasteiger partial charge in [0.2, 0.25) is 5.91 Å². The molecule has 1 unspecified atom stereocenters. The third kappa shape index (κ3) is 6.80. The Bertz CT molecular complexity index is 476. The average molecular weight is 341 g/mol. The zero-order valence-electron chi connectivity index (χ0n) is 14.1. The molecule has 0 bridgehead atoms. The summed E-state index contributed by atoms with van der Waals surface area (Å²) < 4.78 is 5.51. The Morgan fingerprint density at radius 1 is 1.39 bits per heavy atom. The molecule has 1 aromatic rings. The predicted octanol–water partition coefficient (Wildman–Crippen LogP) is 3.46. The molecule has 0 radical (unpaired) electrons. The van der Waals surface area contributed by atoms with E-state index in [4.69, 9.17) is 4.74 Å². The normalized spacial score (nSPS) is 16.3. The Labute approximate surface area is 145 Å². The summed E-state index contributed by atoms with van der Waals surface area (Å²) in [5, 5.41) is 6.45. The molecule has 0 aromatic heterocycles. The van der Waals surface area contributed by atoms with Crippen molar-refractivity contribution in [1.29, 1.82) is 0 Å². The van der Waals surface area contributed by atoms with Gasteiger partial charge in [-0.1, -0.05) is 12.1 Å². The van der Waals surface area contributed by atoms with Crippen molar-refractivity contribution < 1.29 is 9.53 Å². The fourth-order valence-corrected chi connectivity index (χ4v) is 2.94. The van der Waals surface area contributed by atoms with Crippen LogP contribution in [0.2, 0.25) is 0 Å². The maximum Gasteiger partial charge on any atom is 0.220 e. The number of ether oxygens (including phenoxy) is 1. The Balaban J connectivity index is 0.00000264. The number of piperidine rings is 1. The molecular formula is C18H29ClN2O2. The number of nitrogens with one attached hydrogen (secondary N) is 2. The third-order valence-electron chi connectivity index (χ3n) is 4.28. The van der Waals surface area contributed by atoms with E-state index in [2.05, 4.69) is 10.6 Å². The molecule has 2 rings (SSSR count). The Morgan fingerprint density at radius 3 is 2.83 bits per heavy atom. The molecule has 1 aromatic carbocycles. The molecule has 1 aliphatic rings. The van der Waals surface area contributed by atoms with Crippen LogP contribution in [0.15, 0.2) is 24.3 Å². The summed E-state index contributed by atoms with van der Waals surface area (Å²) in [4.78, 5) is 12.1. The minimum absolute atomic E-state index is 0. The highest BCUT2D eigenvalue weighted by Gasteiger charge is 2.16. The Hall–Kier alpha value is -1.26. The molecule has 1 heterocycles. The monoisotopic (exact) mass is 340 g/mol. The third-order valence-corrected chi connectivity index (χ3v) is 4.28. The van der Waals surface area contributed by atoms with Gasteiger partial charge in [-0.15, -0.1) is 12.4 Å². The van der Waals surface area contributed by atoms with Gasteiger partial charge in [-0.05, 0) is 69.8 Å². The lowest BCUT2D eigenvalue weighted by molar-refractivity contribution is -0.122. The van der Waals surface area contributed by atoms with E-state index in [0.29, 0.717) is 18.9 Å². The highest BCUT2D eigenvalue weighted by Crippen LogP contribution is 2.20. The van der Waals surface area contributed by atoms with Crippen molar-refractivity contribution in [3.05, 3.63) is 29.8 Å². The van der Waals surface area contributed by atoms with Crippen LogP contribution in [-0.2, 0) is 4.79 Å². The molecule has 130 valence electrons. The van der Waals surface area contributed by atoms with E-state index in [9.17, 15) is 4.79 Å². The molecular weight excluding hydrogens is 312 g/mol. The van der Waals surface area contributed by atoms with Crippen LogP contribution in [0.25, 0.3) is 0 Å². The lowest BCUT2D eigenvalue weighted by atomic mass is 9.93.